The van der Waals surface area contributed by atoms with Gasteiger partial charge >= 0.3 is 0 Å². The van der Waals surface area contributed by atoms with Crippen molar-refractivity contribution in [1.82, 2.24) is 4.37 Å². The van der Waals surface area contributed by atoms with Gasteiger partial charge in [-0.2, -0.15) is 9.64 Å². The highest BCUT2D eigenvalue weighted by atomic mass is 32.1. The van der Waals surface area contributed by atoms with Crippen molar-refractivity contribution in [2.45, 2.75) is 27.2 Å². The molecule has 17 heavy (non-hydrogen) atoms. The lowest BCUT2D eigenvalue weighted by Crippen LogP contribution is -2.10. The second kappa shape index (κ2) is 7.25. The van der Waals surface area contributed by atoms with Crippen molar-refractivity contribution in [1.29, 1.82) is 5.26 Å². The van der Waals surface area contributed by atoms with Crippen LogP contribution in [0.15, 0.2) is 0 Å². The predicted molar refractivity (Wildman–Crippen MR) is 70.3 cm³/mol. The highest BCUT2D eigenvalue weighted by Gasteiger charge is 2.08. The molecule has 94 valence electrons. The summed E-state index contributed by atoms with van der Waals surface area (Å²) in [5, 5.41) is 13.0. The molecule has 1 N–H and O–H groups in total. The molecule has 1 rings (SSSR count). The standard InChI is InChI=1S/C12H19N3OS/c1-9(2)4-6-16-7-5-14-12-11(8-13)10(3)15-17-12/h9,14H,4-7H2,1-3H3. The molecular weight excluding hydrogens is 234 g/mol. The number of anilines is 1. The summed E-state index contributed by atoms with van der Waals surface area (Å²) in [5.74, 6) is 0.678. The van der Waals surface area contributed by atoms with E-state index in [9.17, 15) is 0 Å². The van der Waals surface area contributed by atoms with Crippen LogP contribution in [0.4, 0.5) is 5.00 Å². The summed E-state index contributed by atoms with van der Waals surface area (Å²) in [5.41, 5.74) is 1.44. The van der Waals surface area contributed by atoms with E-state index in [1.54, 1.807) is 0 Å². The van der Waals surface area contributed by atoms with Crippen LogP contribution < -0.4 is 5.32 Å². The average Bonchev–Trinajstić information content (AvgIpc) is 2.63. The zero-order chi connectivity index (χ0) is 12.7. The van der Waals surface area contributed by atoms with Crippen LogP contribution in [0, 0.1) is 24.2 Å². The minimum atomic E-state index is 0.650. The number of ether oxygens (including phenoxy) is 1. The zero-order valence-electron chi connectivity index (χ0n) is 10.6. The molecule has 0 radical (unpaired) electrons. The van der Waals surface area contributed by atoms with Crippen LogP contribution in [0.1, 0.15) is 31.5 Å². The quantitative estimate of drug-likeness (QED) is 0.759. The van der Waals surface area contributed by atoms with Gasteiger partial charge in [0.05, 0.1) is 12.3 Å². The Morgan fingerprint density at radius 1 is 1.47 bits per heavy atom. The maximum atomic E-state index is 8.94. The fourth-order valence-electron chi connectivity index (χ4n) is 1.28. The Balaban J connectivity index is 2.21. The maximum Gasteiger partial charge on any atom is 0.127 e. The van der Waals surface area contributed by atoms with Crippen molar-refractivity contribution in [3.05, 3.63) is 11.3 Å². The van der Waals surface area contributed by atoms with Crippen LogP contribution in [-0.2, 0) is 4.74 Å². The summed E-state index contributed by atoms with van der Waals surface area (Å²) in [6.45, 7) is 8.39. The summed E-state index contributed by atoms with van der Waals surface area (Å²) in [7, 11) is 0. The van der Waals surface area contributed by atoms with Crippen LogP contribution in [0.25, 0.3) is 0 Å². The van der Waals surface area contributed by atoms with Crippen molar-refractivity contribution in [3.8, 4) is 6.07 Å². The molecule has 0 aliphatic rings. The first-order valence-corrected chi connectivity index (χ1v) is 6.60. The van der Waals surface area contributed by atoms with E-state index in [1.165, 1.54) is 11.5 Å². The minimum absolute atomic E-state index is 0.650. The fourth-order valence-corrected chi connectivity index (χ4v) is 2.05. The fraction of sp³-hybridized carbons (Fsp3) is 0.667. The van der Waals surface area contributed by atoms with Crippen LogP contribution in [-0.4, -0.2) is 24.1 Å². The summed E-state index contributed by atoms with van der Waals surface area (Å²) in [6, 6.07) is 2.16. The van der Waals surface area contributed by atoms with Crippen LogP contribution in [0.3, 0.4) is 0 Å². The van der Waals surface area contributed by atoms with Gasteiger partial charge < -0.3 is 10.1 Å². The third kappa shape index (κ3) is 4.72. The summed E-state index contributed by atoms with van der Waals surface area (Å²) in [6.07, 6.45) is 1.09. The van der Waals surface area contributed by atoms with Crippen LogP contribution in [0.2, 0.25) is 0 Å². The number of rotatable bonds is 7. The molecule has 1 heterocycles. The number of nitrogens with zero attached hydrogens (tertiary/aromatic N) is 2. The lowest BCUT2D eigenvalue weighted by molar-refractivity contribution is 0.133. The predicted octanol–water partition coefficient (Wildman–Crippen LogP) is 2.80. The highest BCUT2D eigenvalue weighted by molar-refractivity contribution is 7.10. The van der Waals surface area contributed by atoms with Gasteiger partial charge in [0.2, 0.25) is 0 Å². The van der Waals surface area contributed by atoms with E-state index in [-0.39, 0.29) is 0 Å². The number of aromatic nitrogens is 1. The molecule has 0 saturated heterocycles. The van der Waals surface area contributed by atoms with Crippen LogP contribution in [0.5, 0.6) is 0 Å². The lowest BCUT2D eigenvalue weighted by Gasteiger charge is -2.07. The Morgan fingerprint density at radius 3 is 2.88 bits per heavy atom. The lowest BCUT2D eigenvalue weighted by atomic mass is 10.1. The minimum Gasteiger partial charge on any atom is -0.380 e. The number of nitriles is 1. The van der Waals surface area contributed by atoms with Gasteiger partial charge in [-0.25, -0.2) is 0 Å². The summed E-state index contributed by atoms with van der Waals surface area (Å²) in [4.78, 5) is 0. The molecule has 1 aromatic heterocycles. The molecular formula is C12H19N3OS. The normalized spacial score (nSPS) is 10.5. The first-order valence-electron chi connectivity index (χ1n) is 5.83. The molecule has 0 aliphatic heterocycles. The van der Waals surface area contributed by atoms with Gasteiger partial charge in [0, 0.05) is 13.2 Å². The van der Waals surface area contributed by atoms with Crippen molar-refractivity contribution >= 4 is 16.5 Å². The Morgan fingerprint density at radius 2 is 2.24 bits per heavy atom. The molecule has 5 heteroatoms. The largest absolute Gasteiger partial charge is 0.380 e. The van der Waals surface area contributed by atoms with Gasteiger partial charge in [-0.1, -0.05) is 13.8 Å². The molecule has 0 amide bonds. The van der Waals surface area contributed by atoms with Gasteiger partial charge in [0.15, 0.2) is 0 Å². The van der Waals surface area contributed by atoms with E-state index in [0.717, 1.165) is 23.7 Å². The summed E-state index contributed by atoms with van der Waals surface area (Å²) >= 11 is 1.33. The van der Waals surface area contributed by atoms with Gasteiger partial charge in [-0.3, -0.25) is 0 Å². The molecule has 0 spiro atoms. The SMILES string of the molecule is Cc1nsc(NCCOCCC(C)C)c1C#N. The molecule has 0 atom stereocenters. The van der Waals surface area contributed by atoms with Gasteiger partial charge in [0.1, 0.15) is 16.6 Å². The molecule has 0 unspecified atom stereocenters. The second-order valence-electron chi connectivity index (χ2n) is 4.31. The summed E-state index contributed by atoms with van der Waals surface area (Å²) < 4.78 is 9.63. The second-order valence-corrected chi connectivity index (χ2v) is 5.08. The van der Waals surface area contributed by atoms with Crippen molar-refractivity contribution in [3.63, 3.8) is 0 Å². The van der Waals surface area contributed by atoms with Crippen LogP contribution >= 0.6 is 11.5 Å². The number of hydrogen-bond donors (Lipinski definition) is 1. The van der Waals surface area contributed by atoms with E-state index in [2.05, 4.69) is 29.6 Å². The molecule has 1 aromatic rings. The molecule has 0 saturated carbocycles. The molecule has 4 nitrogen and oxygen atoms in total. The third-order valence-corrected chi connectivity index (χ3v) is 3.24. The van der Waals surface area contributed by atoms with Gasteiger partial charge in [-0.15, -0.1) is 0 Å². The van der Waals surface area contributed by atoms with Crippen molar-refractivity contribution < 1.29 is 4.74 Å². The van der Waals surface area contributed by atoms with E-state index in [4.69, 9.17) is 10.00 Å². The Hall–Kier alpha value is -1.12. The van der Waals surface area contributed by atoms with Crippen molar-refractivity contribution in [2.24, 2.45) is 5.92 Å². The van der Waals surface area contributed by atoms with E-state index < -0.39 is 0 Å². The number of nitrogens with one attached hydrogen (secondary N) is 1. The molecule has 0 aliphatic carbocycles. The monoisotopic (exact) mass is 253 g/mol. The first kappa shape index (κ1) is 13.9. The van der Waals surface area contributed by atoms with E-state index in [1.807, 2.05) is 6.92 Å². The first-order chi connectivity index (χ1) is 8.15. The zero-order valence-corrected chi connectivity index (χ0v) is 11.4. The Kier molecular flexibility index (Phi) is 5.95. The average molecular weight is 253 g/mol. The van der Waals surface area contributed by atoms with E-state index in [0.29, 0.717) is 24.6 Å². The van der Waals surface area contributed by atoms with Crippen molar-refractivity contribution in [2.75, 3.05) is 25.1 Å². The topological polar surface area (TPSA) is 57.9 Å². The molecule has 0 fully saturated rings. The number of aryl methyl sites for hydroxylation is 1. The number of hydrogen-bond acceptors (Lipinski definition) is 5. The Bertz CT molecular complexity index is 382. The third-order valence-electron chi connectivity index (χ3n) is 2.35. The smallest absolute Gasteiger partial charge is 0.127 e. The maximum absolute atomic E-state index is 8.94. The van der Waals surface area contributed by atoms with Gasteiger partial charge in [0.25, 0.3) is 0 Å². The highest BCUT2D eigenvalue weighted by Crippen LogP contribution is 2.22. The molecule has 0 bridgehead atoms. The van der Waals surface area contributed by atoms with Gasteiger partial charge in [-0.05, 0) is 30.8 Å². The molecule has 0 aromatic carbocycles. The van der Waals surface area contributed by atoms with E-state index >= 15 is 0 Å². The Labute approximate surface area is 107 Å².